The Bertz CT molecular complexity index is 767. The normalized spacial score (nSPS) is 12.9. The van der Waals surface area contributed by atoms with Gasteiger partial charge in [-0.05, 0) is 25.5 Å². The van der Waals surface area contributed by atoms with Gasteiger partial charge in [0.25, 0.3) is 11.5 Å². The van der Waals surface area contributed by atoms with Crippen LogP contribution < -0.4 is 10.9 Å². The number of H-pyrrole nitrogens is 1. The number of alkyl halides is 3. The van der Waals surface area contributed by atoms with Gasteiger partial charge < -0.3 is 10.3 Å². The third-order valence-electron chi connectivity index (χ3n) is 3.12. The highest BCUT2D eigenvalue weighted by molar-refractivity contribution is 7.09. The van der Waals surface area contributed by atoms with Gasteiger partial charge in [0.05, 0.1) is 6.04 Å². The molecule has 0 spiro atoms. The molecule has 0 aromatic carbocycles. The Labute approximate surface area is 133 Å². The molecule has 0 bridgehead atoms. The first kappa shape index (κ1) is 17.2. The molecule has 23 heavy (non-hydrogen) atoms. The standard InChI is InChI=1S/C14H14F3N3O2S/c1-3-9(13-20-10(6-23-13)14(15,16)17)19-12(22)8-5-4-7(2)18-11(8)21/h4-6,9H,3H2,1-2H3,(H,18,21)(H,19,22). The summed E-state index contributed by atoms with van der Waals surface area (Å²) >= 11 is 0.821. The van der Waals surface area contributed by atoms with Gasteiger partial charge in [0.1, 0.15) is 10.6 Å². The molecule has 2 aromatic heterocycles. The van der Waals surface area contributed by atoms with Crippen molar-refractivity contribution in [2.24, 2.45) is 0 Å². The van der Waals surface area contributed by atoms with Gasteiger partial charge in [-0.1, -0.05) is 6.92 Å². The molecule has 1 atom stereocenters. The van der Waals surface area contributed by atoms with E-state index >= 15 is 0 Å². The number of aryl methyl sites for hydroxylation is 1. The summed E-state index contributed by atoms with van der Waals surface area (Å²) in [5, 5.41) is 3.60. The fourth-order valence-electron chi connectivity index (χ4n) is 1.90. The Morgan fingerprint density at radius 1 is 1.43 bits per heavy atom. The molecule has 0 saturated carbocycles. The third kappa shape index (κ3) is 3.98. The van der Waals surface area contributed by atoms with Crippen LogP contribution in [0.3, 0.4) is 0 Å². The van der Waals surface area contributed by atoms with E-state index < -0.39 is 29.4 Å². The monoisotopic (exact) mass is 345 g/mol. The molecule has 5 nitrogen and oxygen atoms in total. The molecule has 0 aliphatic carbocycles. The molecular weight excluding hydrogens is 331 g/mol. The van der Waals surface area contributed by atoms with Gasteiger partial charge in [0.2, 0.25) is 0 Å². The van der Waals surface area contributed by atoms with Crippen molar-refractivity contribution < 1.29 is 18.0 Å². The molecule has 9 heteroatoms. The number of nitrogens with one attached hydrogen (secondary N) is 2. The quantitative estimate of drug-likeness (QED) is 0.894. The molecule has 0 fully saturated rings. The third-order valence-corrected chi connectivity index (χ3v) is 4.08. The molecule has 2 aromatic rings. The zero-order chi connectivity index (χ0) is 17.2. The molecule has 1 amide bonds. The van der Waals surface area contributed by atoms with E-state index in [1.54, 1.807) is 19.9 Å². The van der Waals surface area contributed by atoms with Crippen LogP contribution in [0.4, 0.5) is 13.2 Å². The lowest BCUT2D eigenvalue weighted by molar-refractivity contribution is -0.140. The molecule has 124 valence electrons. The van der Waals surface area contributed by atoms with Crippen molar-refractivity contribution in [3.05, 3.63) is 49.8 Å². The van der Waals surface area contributed by atoms with E-state index in [1.165, 1.54) is 6.07 Å². The summed E-state index contributed by atoms with van der Waals surface area (Å²) in [7, 11) is 0. The number of hydrogen-bond acceptors (Lipinski definition) is 4. The second-order valence-electron chi connectivity index (χ2n) is 4.89. The van der Waals surface area contributed by atoms with Gasteiger partial charge >= 0.3 is 6.18 Å². The molecule has 2 N–H and O–H groups in total. The van der Waals surface area contributed by atoms with E-state index in [9.17, 15) is 22.8 Å². The van der Waals surface area contributed by atoms with E-state index in [2.05, 4.69) is 15.3 Å². The van der Waals surface area contributed by atoms with Gasteiger partial charge in [-0.25, -0.2) is 4.98 Å². The number of thiazole rings is 1. The number of carbonyl (C=O) groups is 1. The van der Waals surface area contributed by atoms with Crippen LogP contribution in [-0.2, 0) is 6.18 Å². The molecule has 2 rings (SSSR count). The van der Waals surface area contributed by atoms with Crippen LogP contribution in [0.5, 0.6) is 0 Å². The second-order valence-corrected chi connectivity index (χ2v) is 5.78. The smallest absolute Gasteiger partial charge is 0.343 e. The maximum absolute atomic E-state index is 12.6. The van der Waals surface area contributed by atoms with Crippen molar-refractivity contribution in [2.45, 2.75) is 32.5 Å². The second kappa shape index (κ2) is 6.53. The number of rotatable bonds is 4. The van der Waals surface area contributed by atoms with E-state index in [4.69, 9.17) is 0 Å². The summed E-state index contributed by atoms with van der Waals surface area (Å²) in [6.07, 6.45) is -4.18. The maximum atomic E-state index is 12.6. The van der Waals surface area contributed by atoms with Gasteiger partial charge in [0.15, 0.2) is 5.69 Å². The highest BCUT2D eigenvalue weighted by Crippen LogP contribution is 2.32. The predicted octanol–water partition coefficient (Wildman–Crippen LogP) is 3.04. The molecule has 0 radical (unpaired) electrons. The first-order chi connectivity index (χ1) is 10.7. The highest BCUT2D eigenvalue weighted by atomic mass is 32.1. The Morgan fingerprint density at radius 3 is 2.65 bits per heavy atom. The van der Waals surface area contributed by atoms with E-state index in [-0.39, 0.29) is 10.6 Å². The number of amides is 1. The van der Waals surface area contributed by atoms with Crippen LogP contribution in [0, 0.1) is 6.92 Å². The van der Waals surface area contributed by atoms with Crippen molar-refractivity contribution >= 4 is 17.2 Å². The topological polar surface area (TPSA) is 74.8 Å². The Hall–Kier alpha value is -2.16. The van der Waals surface area contributed by atoms with Gasteiger partial charge in [-0.2, -0.15) is 13.2 Å². The number of aromatic nitrogens is 2. The first-order valence-electron chi connectivity index (χ1n) is 6.75. The van der Waals surface area contributed by atoms with Crippen molar-refractivity contribution in [3.8, 4) is 0 Å². The van der Waals surface area contributed by atoms with Gasteiger partial charge in [-0.3, -0.25) is 9.59 Å². The number of hydrogen-bond donors (Lipinski definition) is 2. The molecule has 0 saturated heterocycles. The van der Waals surface area contributed by atoms with Crippen LogP contribution in [-0.4, -0.2) is 15.9 Å². The summed E-state index contributed by atoms with van der Waals surface area (Å²) < 4.78 is 37.8. The average Bonchev–Trinajstić information content (AvgIpc) is 2.94. The lowest BCUT2D eigenvalue weighted by Gasteiger charge is -2.14. The van der Waals surface area contributed by atoms with Crippen LogP contribution in [0.2, 0.25) is 0 Å². The number of nitrogens with zero attached hydrogens (tertiary/aromatic N) is 1. The average molecular weight is 345 g/mol. The molecule has 1 unspecified atom stereocenters. The molecule has 0 aliphatic heterocycles. The zero-order valence-corrected chi connectivity index (χ0v) is 13.1. The number of carbonyl (C=O) groups excluding carboxylic acids is 1. The Balaban J connectivity index is 2.20. The lowest BCUT2D eigenvalue weighted by atomic mass is 10.2. The van der Waals surface area contributed by atoms with Crippen LogP contribution in [0.25, 0.3) is 0 Å². The minimum absolute atomic E-state index is 0.0957. The number of aromatic amines is 1. The molecular formula is C14H14F3N3O2S. The number of halogens is 3. The predicted molar refractivity (Wildman–Crippen MR) is 79.4 cm³/mol. The van der Waals surface area contributed by atoms with E-state index in [1.807, 2.05) is 0 Å². The first-order valence-corrected chi connectivity index (χ1v) is 7.63. The molecule has 2 heterocycles. The zero-order valence-electron chi connectivity index (χ0n) is 12.3. The van der Waals surface area contributed by atoms with Crippen molar-refractivity contribution in [3.63, 3.8) is 0 Å². The van der Waals surface area contributed by atoms with Crippen molar-refractivity contribution in [1.82, 2.24) is 15.3 Å². The maximum Gasteiger partial charge on any atom is 0.434 e. The van der Waals surface area contributed by atoms with Crippen molar-refractivity contribution in [1.29, 1.82) is 0 Å². The minimum atomic E-state index is -4.52. The summed E-state index contributed by atoms with van der Waals surface area (Å²) in [6.45, 7) is 3.38. The van der Waals surface area contributed by atoms with Crippen LogP contribution >= 0.6 is 11.3 Å². The summed E-state index contributed by atoms with van der Waals surface area (Å²) in [5.74, 6) is -0.651. The largest absolute Gasteiger partial charge is 0.434 e. The molecule has 0 aliphatic rings. The fourth-order valence-corrected chi connectivity index (χ4v) is 2.86. The van der Waals surface area contributed by atoms with E-state index in [0.29, 0.717) is 12.1 Å². The summed E-state index contributed by atoms with van der Waals surface area (Å²) in [4.78, 5) is 29.9. The lowest BCUT2D eigenvalue weighted by Crippen LogP contribution is -2.32. The fraction of sp³-hybridized carbons (Fsp3) is 0.357. The van der Waals surface area contributed by atoms with Crippen LogP contribution in [0.1, 0.15) is 46.1 Å². The van der Waals surface area contributed by atoms with Gasteiger partial charge in [0, 0.05) is 11.1 Å². The Morgan fingerprint density at radius 2 is 2.13 bits per heavy atom. The number of pyridine rings is 1. The minimum Gasteiger partial charge on any atom is -0.343 e. The summed E-state index contributed by atoms with van der Waals surface area (Å²) in [5.41, 5.74) is -1.03. The van der Waals surface area contributed by atoms with E-state index in [0.717, 1.165) is 16.7 Å². The summed E-state index contributed by atoms with van der Waals surface area (Å²) in [6, 6.07) is 2.26. The van der Waals surface area contributed by atoms with Crippen molar-refractivity contribution in [2.75, 3.05) is 0 Å². The Kier molecular flexibility index (Phi) is 4.88. The SMILES string of the molecule is CCC(NC(=O)c1ccc(C)[nH]c1=O)c1nc(C(F)(F)F)cs1. The van der Waals surface area contributed by atoms with Crippen LogP contribution in [0.15, 0.2) is 22.3 Å². The highest BCUT2D eigenvalue weighted by Gasteiger charge is 2.34. The van der Waals surface area contributed by atoms with Gasteiger partial charge in [-0.15, -0.1) is 11.3 Å².